The van der Waals surface area contributed by atoms with Gasteiger partial charge in [0.2, 0.25) is 0 Å². The number of rotatable bonds is 4. The fourth-order valence-corrected chi connectivity index (χ4v) is 3.09. The monoisotopic (exact) mass is 327 g/mol. The molecule has 3 rings (SSSR count). The predicted octanol–water partition coefficient (Wildman–Crippen LogP) is 3.18. The van der Waals surface area contributed by atoms with Gasteiger partial charge in [0.05, 0.1) is 23.1 Å². The van der Waals surface area contributed by atoms with Crippen molar-refractivity contribution in [2.75, 3.05) is 23.3 Å². The molecule has 1 aliphatic rings. The van der Waals surface area contributed by atoms with Gasteiger partial charge in [-0.3, -0.25) is 9.48 Å². The molecule has 1 aliphatic heterocycles. The minimum Gasteiger partial charge on any atom is -0.370 e. The van der Waals surface area contributed by atoms with Crippen LogP contribution in [0.1, 0.15) is 55.1 Å². The highest BCUT2D eigenvalue weighted by atomic mass is 16.1. The first-order valence-electron chi connectivity index (χ1n) is 8.60. The molecule has 128 valence electrons. The number of nitrogens with zero attached hydrogens (tertiary/aromatic N) is 4. The SMILES string of the molecule is CC(C)c1nn(C)cc1C(=O)Nc1ccc(N2CCCCC2)cn1. The van der Waals surface area contributed by atoms with Crippen molar-refractivity contribution in [3.63, 3.8) is 0 Å². The summed E-state index contributed by atoms with van der Waals surface area (Å²) in [6.07, 6.45) is 7.37. The van der Waals surface area contributed by atoms with Crippen LogP contribution >= 0.6 is 0 Å². The van der Waals surface area contributed by atoms with Gasteiger partial charge in [-0.1, -0.05) is 13.8 Å². The van der Waals surface area contributed by atoms with E-state index < -0.39 is 0 Å². The lowest BCUT2D eigenvalue weighted by molar-refractivity contribution is 0.102. The van der Waals surface area contributed by atoms with Crippen LogP contribution in [0.15, 0.2) is 24.5 Å². The lowest BCUT2D eigenvalue weighted by Gasteiger charge is -2.28. The molecule has 2 aromatic rings. The standard InChI is InChI=1S/C18H25N5O/c1-13(2)17-15(12-22(3)21-17)18(24)20-16-8-7-14(11-19-16)23-9-5-4-6-10-23/h7-8,11-13H,4-6,9-10H2,1-3H3,(H,19,20,24). The van der Waals surface area contributed by atoms with Gasteiger partial charge in [0.25, 0.3) is 5.91 Å². The third kappa shape index (κ3) is 3.58. The lowest BCUT2D eigenvalue weighted by Crippen LogP contribution is -2.29. The normalized spacial score (nSPS) is 14.9. The number of carbonyl (C=O) groups is 1. The van der Waals surface area contributed by atoms with Crippen molar-refractivity contribution in [2.24, 2.45) is 7.05 Å². The fourth-order valence-electron chi connectivity index (χ4n) is 3.09. The van der Waals surface area contributed by atoms with Crippen LogP contribution in [-0.2, 0) is 7.05 Å². The Labute approximate surface area is 142 Å². The maximum absolute atomic E-state index is 12.5. The molecule has 1 amide bonds. The highest BCUT2D eigenvalue weighted by Gasteiger charge is 2.18. The van der Waals surface area contributed by atoms with E-state index in [-0.39, 0.29) is 11.8 Å². The predicted molar refractivity (Wildman–Crippen MR) is 95.6 cm³/mol. The third-order valence-corrected chi connectivity index (χ3v) is 4.36. The van der Waals surface area contributed by atoms with Crippen LogP contribution in [0.25, 0.3) is 0 Å². The van der Waals surface area contributed by atoms with E-state index in [2.05, 4.69) is 20.3 Å². The van der Waals surface area contributed by atoms with Crippen molar-refractivity contribution < 1.29 is 4.79 Å². The van der Waals surface area contributed by atoms with Gasteiger partial charge >= 0.3 is 0 Å². The molecule has 1 saturated heterocycles. The number of carbonyl (C=O) groups excluding carboxylic acids is 1. The first-order valence-corrected chi connectivity index (χ1v) is 8.60. The Morgan fingerprint density at radius 3 is 2.58 bits per heavy atom. The molecule has 1 fully saturated rings. The summed E-state index contributed by atoms with van der Waals surface area (Å²) in [6, 6.07) is 3.90. The minimum atomic E-state index is -0.162. The van der Waals surface area contributed by atoms with Crippen molar-refractivity contribution in [2.45, 2.75) is 39.0 Å². The molecule has 3 heterocycles. The molecule has 0 atom stereocenters. The molecule has 0 spiro atoms. The second-order valence-corrected chi connectivity index (χ2v) is 6.66. The summed E-state index contributed by atoms with van der Waals surface area (Å²) < 4.78 is 1.68. The topological polar surface area (TPSA) is 63.1 Å². The average Bonchev–Trinajstić information content (AvgIpc) is 2.99. The maximum atomic E-state index is 12.5. The molecular weight excluding hydrogens is 302 g/mol. The number of aromatic nitrogens is 3. The first kappa shape index (κ1) is 16.5. The number of amides is 1. The molecule has 0 bridgehead atoms. The van der Waals surface area contributed by atoms with Gasteiger partial charge in [0.1, 0.15) is 5.82 Å². The van der Waals surface area contributed by atoms with Gasteiger partial charge < -0.3 is 10.2 Å². The van der Waals surface area contributed by atoms with Crippen molar-refractivity contribution in [1.82, 2.24) is 14.8 Å². The third-order valence-electron chi connectivity index (χ3n) is 4.36. The van der Waals surface area contributed by atoms with Gasteiger partial charge in [0.15, 0.2) is 0 Å². The van der Waals surface area contributed by atoms with E-state index in [1.165, 1.54) is 19.3 Å². The highest BCUT2D eigenvalue weighted by Crippen LogP contribution is 2.21. The zero-order valence-corrected chi connectivity index (χ0v) is 14.6. The van der Waals surface area contributed by atoms with Crippen LogP contribution in [0.4, 0.5) is 11.5 Å². The Morgan fingerprint density at radius 2 is 1.96 bits per heavy atom. The van der Waals surface area contributed by atoms with Gasteiger partial charge in [-0.05, 0) is 37.3 Å². The van der Waals surface area contributed by atoms with Crippen LogP contribution in [-0.4, -0.2) is 33.8 Å². The van der Waals surface area contributed by atoms with E-state index in [1.54, 1.807) is 10.9 Å². The summed E-state index contributed by atoms with van der Waals surface area (Å²) in [5, 5.41) is 7.25. The molecule has 0 unspecified atom stereocenters. The number of pyridine rings is 1. The van der Waals surface area contributed by atoms with Crippen LogP contribution in [0, 0.1) is 0 Å². The molecular formula is C18H25N5O. The average molecular weight is 327 g/mol. The summed E-state index contributed by atoms with van der Waals surface area (Å²) >= 11 is 0. The molecule has 0 aliphatic carbocycles. The minimum absolute atomic E-state index is 0.162. The molecule has 1 N–H and O–H groups in total. The second kappa shape index (κ2) is 7.03. The lowest BCUT2D eigenvalue weighted by atomic mass is 10.1. The highest BCUT2D eigenvalue weighted by molar-refractivity contribution is 6.04. The summed E-state index contributed by atoms with van der Waals surface area (Å²) in [5.41, 5.74) is 2.53. The number of nitrogens with one attached hydrogen (secondary N) is 1. The Balaban J connectivity index is 1.70. The molecule has 2 aromatic heterocycles. The Hall–Kier alpha value is -2.37. The Morgan fingerprint density at radius 1 is 1.21 bits per heavy atom. The number of anilines is 2. The van der Waals surface area contributed by atoms with Gasteiger partial charge in [-0.15, -0.1) is 0 Å². The Kier molecular flexibility index (Phi) is 4.83. The van der Waals surface area contributed by atoms with Crippen LogP contribution < -0.4 is 10.2 Å². The van der Waals surface area contributed by atoms with Crippen LogP contribution in [0.2, 0.25) is 0 Å². The van der Waals surface area contributed by atoms with Crippen molar-refractivity contribution in [1.29, 1.82) is 0 Å². The maximum Gasteiger partial charge on any atom is 0.260 e. The molecule has 6 heteroatoms. The quantitative estimate of drug-likeness (QED) is 0.937. The second-order valence-electron chi connectivity index (χ2n) is 6.66. The van der Waals surface area contributed by atoms with Crippen molar-refractivity contribution in [3.8, 4) is 0 Å². The zero-order chi connectivity index (χ0) is 17.1. The largest absolute Gasteiger partial charge is 0.370 e. The number of hydrogen-bond acceptors (Lipinski definition) is 4. The molecule has 0 radical (unpaired) electrons. The summed E-state index contributed by atoms with van der Waals surface area (Å²) in [6.45, 7) is 6.23. The number of piperidine rings is 1. The number of aryl methyl sites for hydroxylation is 1. The van der Waals surface area contributed by atoms with E-state index >= 15 is 0 Å². The molecule has 6 nitrogen and oxygen atoms in total. The van der Waals surface area contributed by atoms with E-state index in [4.69, 9.17) is 0 Å². The molecule has 24 heavy (non-hydrogen) atoms. The van der Waals surface area contributed by atoms with E-state index in [0.717, 1.165) is 24.5 Å². The van der Waals surface area contributed by atoms with Gasteiger partial charge in [0, 0.05) is 26.3 Å². The molecule has 0 saturated carbocycles. The van der Waals surface area contributed by atoms with Crippen molar-refractivity contribution >= 4 is 17.4 Å². The zero-order valence-electron chi connectivity index (χ0n) is 14.6. The van der Waals surface area contributed by atoms with Gasteiger partial charge in [-0.25, -0.2) is 4.98 Å². The van der Waals surface area contributed by atoms with E-state index in [1.807, 2.05) is 39.2 Å². The smallest absolute Gasteiger partial charge is 0.260 e. The van der Waals surface area contributed by atoms with Crippen LogP contribution in [0.5, 0.6) is 0 Å². The van der Waals surface area contributed by atoms with Gasteiger partial charge in [-0.2, -0.15) is 5.10 Å². The summed E-state index contributed by atoms with van der Waals surface area (Å²) in [4.78, 5) is 19.3. The summed E-state index contributed by atoms with van der Waals surface area (Å²) in [5.74, 6) is 0.603. The number of hydrogen-bond donors (Lipinski definition) is 1. The van der Waals surface area contributed by atoms with Crippen molar-refractivity contribution in [3.05, 3.63) is 35.8 Å². The van der Waals surface area contributed by atoms with E-state index in [9.17, 15) is 4.79 Å². The Bertz CT molecular complexity index is 699. The van der Waals surface area contributed by atoms with Crippen LogP contribution in [0.3, 0.4) is 0 Å². The first-order chi connectivity index (χ1) is 11.5. The fraction of sp³-hybridized carbons (Fsp3) is 0.500. The molecule has 0 aromatic carbocycles. The van der Waals surface area contributed by atoms with E-state index in [0.29, 0.717) is 11.4 Å². The summed E-state index contributed by atoms with van der Waals surface area (Å²) in [7, 11) is 1.83.